The number of nitrogens with one attached hydrogen (secondary N) is 1. The Labute approximate surface area is 62.2 Å². The number of methoxy groups -OCH3 is 1. The first kappa shape index (κ1) is 7.67. The Morgan fingerprint density at radius 3 is 3.00 bits per heavy atom. The molecule has 0 fully saturated rings. The molecule has 0 aromatic carbocycles. The molecule has 0 bridgehead atoms. The zero-order valence-corrected chi connectivity index (χ0v) is 5.87. The van der Waals surface area contributed by atoms with Gasteiger partial charge in [0.1, 0.15) is 5.69 Å². The number of ether oxygens (including phenoxy) is 1. The number of aromatic amines is 1. The Balaban J connectivity index is 2.87. The first-order valence-electron chi connectivity index (χ1n) is 2.87. The maximum absolute atomic E-state index is 10.4. The van der Waals surface area contributed by atoms with E-state index in [1.165, 1.54) is 7.11 Å². The number of hydrogen-bond donors (Lipinski definition) is 2. The second kappa shape index (κ2) is 3.11. The summed E-state index contributed by atoms with van der Waals surface area (Å²) in [5.74, 6) is -1.11. The van der Waals surface area contributed by atoms with E-state index in [0.29, 0.717) is 5.69 Å². The molecule has 11 heavy (non-hydrogen) atoms. The molecule has 2 N–H and O–H groups in total. The second-order valence-corrected chi connectivity index (χ2v) is 1.86. The second-order valence-electron chi connectivity index (χ2n) is 1.86. The standard InChI is InChI=1S/C5H7N3O3/c1-11-2-3-4(5(9)10)7-8-6-3/h2H2,1H3,(H,9,10)(H,6,7,8). The number of carboxylic acid groups (broad SMARTS) is 1. The normalized spacial score (nSPS) is 9.91. The number of rotatable bonds is 3. The smallest absolute Gasteiger partial charge is 0.358 e. The molecule has 0 aliphatic heterocycles. The Hall–Kier alpha value is -1.43. The summed E-state index contributed by atoms with van der Waals surface area (Å²) in [6.45, 7) is 0.151. The summed E-state index contributed by atoms with van der Waals surface area (Å²) in [5.41, 5.74) is 0.215. The average Bonchev–Trinajstić information content (AvgIpc) is 2.36. The van der Waals surface area contributed by atoms with Crippen LogP contribution in [-0.4, -0.2) is 33.6 Å². The summed E-state index contributed by atoms with van der Waals surface area (Å²) in [6.07, 6.45) is 0. The fourth-order valence-corrected chi connectivity index (χ4v) is 0.661. The van der Waals surface area contributed by atoms with Crippen LogP contribution < -0.4 is 0 Å². The number of aromatic carboxylic acids is 1. The fraction of sp³-hybridized carbons (Fsp3) is 0.400. The summed E-state index contributed by atoms with van der Waals surface area (Å²) < 4.78 is 4.69. The van der Waals surface area contributed by atoms with Crippen molar-refractivity contribution in [2.24, 2.45) is 0 Å². The zero-order chi connectivity index (χ0) is 8.27. The molecule has 6 heteroatoms. The van der Waals surface area contributed by atoms with Crippen molar-refractivity contribution in [2.45, 2.75) is 6.61 Å². The highest BCUT2D eigenvalue weighted by Gasteiger charge is 2.13. The third-order valence-electron chi connectivity index (χ3n) is 1.10. The van der Waals surface area contributed by atoms with E-state index >= 15 is 0 Å². The van der Waals surface area contributed by atoms with Crippen molar-refractivity contribution in [3.8, 4) is 0 Å². The molecular weight excluding hydrogens is 150 g/mol. The Morgan fingerprint density at radius 1 is 1.73 bits per heavy atom. The van der Waals surface area contributed by atoms with Crippen LogP contribution >= 0.6 is 0 Å². The van der Waals surface area contributed by atoms with Crippen molar-refractivity contribution < 1.29 is 14.6 Å². The summed E-state index contributed by atoms with van der Waals surface area (Å²) >= 11 is 0. The van der Waals surface area contributed by atoms with Gasteiger partial charge in [-0.15, -0.1) is 5.10 Å². The van der Waals surface area contributed by atoms with Gasteiger partial charge in [0.05, 0.1) is 6.61 Å². The van der Waals surface area contributed by atoms with Gasteiger partial charge in [-0.05, 0) is 0 Å². The third kappa shape index (κ3) is 1.53. The Bertz CT molecular complexity index is 257. The van der Waals surface area contributed by atoms with Crippen LogP contribution in [-0.2, 0) is 11.3 Å². The molecule has 1 rings (SSSR count). The van der Waals surface area contributed by atoms with Crippen LogP contribution in [0.15, 0.2) is 0 Å². The molecule has 60 valence electrons. The minimum atomic E-state index is -1.11. The molecule has 0 unspecified atom stereocenters. The van der Waals surface area contributed by atoms with Crippen LogP contribution in [0.25, 0.3) is 0 Å². The molecule has 0 radical (unpaired) electrons. The van der Waals surface area contributed by atoms with Gasteiger partial charge in [0.15, 0.2) is 5.69 Å². The van der Waals surface area contributed by atoms with E-state index in [2.05, 4.69) is 15.4 Å². The van der Waals surface area contributed by atoms with Crippen LogP contribution in [0.3, 0.4) is 0 Å². The molecule has 1 aromatic rings. The summed E-state index contributed by atoms with van der Waals surface area (Å²) in [7, 11) is 1.46. The Kier molecular flexibility index (Phi) is 2.17. The monoisotopic (exact) mass is 157 g/mol. The van der Waals surface area contributed by atoms with Gasteiger partial charge in [-0.25, -0.2) is 4.79 Å². The number of nitrogens with zero attached hydrogens (tertiary/aromatic N) is 2. The molecule has 0 amide bonds. The van der Waals surface area contributed by atoms with E-state index < -0.39 is 5.97 Å². The van der Waals surface area contributed by atoms with Crippen molar-refractivity contribution in [3.63, 3.8) is 0 Å². The number of aromatic nitrogens is 3. The molecule has 0 saturated carbocycles. The van der Waals surface area contributed by atoms with Gasteiger partial charge in [-0.3, -0.25) is 0 Å². The first-order valence-corrected chi connectivity index (χ1v) is 2.87. The molecule has 0 saturated heterocycles. The van der Waals surface area contributed by atoms with Gasteiger partial charge in [0.2, 0.25) is 0 Å². The van der Waals surface area contributed by atoms with E-state index in [0.717, 1.165) is 0 Å². The predicted molar refractivity (Wildman–Crippen MR) is 34.1 cm³/mol. The highest BCUT2D eigenvalue weighted by Crippen LogP contribution is 2.01. The van der Waals surface area contributed by atoms with Crippen molar-refractivity contribution in [2.75, 3.05) is 7.11 Å². The predicted octanol–water partition coefficient (Wildman–Crippen LogP) is -0.351. The molecule has 6 nitrogen and oxygen atoms in total. The molecule has 1 aromatic heterocycles. The van der Waals surface area contributed by atoms with E-state index in [9.17, 15) is 4.79 Å². The Morgan fingerprint density at radius 2 is 2.45 bits per heavy atom. The topological polar surface area (TPSA) is 88.1 Å². The molecule has 1 heterocycles. The van der Waals surface area contributed by atoms with Gasteiger partial charge in [0, 0.05) is 7.11 Å². The van der Waals surface area contributed by atoms with Crippen molar-refractivity contribution >= 4 is 5.97 Å². The lowest BCUT2D eigenvalue weighted by Crippen LogP contribution is -2.02. The minimum absolute atomic E-state index is 0.0909. The lowest BCUT2D eigenvalue weighted by Gasteiger charge is -1.92. The van der Waals surface area contributed by atoms with Crippen LogP contribution in [0.1, 0.15) is 16.2 Å². The lowest BCUT2D eigenvalue weighted by atomic mass is 10.3. The number of carbonyl (C=O) groups is 1. The summed E-state index contributed by atoms with van der Waals surface area (Å²) in [5, 5.41) is 17.7. The van der Waals surface area contributed by atoms with Gasteiger partial charge in [-0.1, -0.05) is 0 Å². The van der Waals surface area contributed by atoms with Crippen LogP contribution in [0.2, 0.25) is 0 Å². The maximum atomic E-state index is 10.4. The summed E-state index contributed by atoms with van der Waals surface area (Å²) in [4.78, 5) is 10.4. The van der Waals surface area contributed by atoms with E-state index in [4.69, 9.17) is 9.84 Å². The van der Waals surface area contributed by atoms with Crippen LogP contribution in [0.4, 0.5) is 0 Å². The summed E-state index contributed by atoms with van der Waals surface area (Å²) in [6, 6.07) is 0. The highest BCUT2D eigenvalue weighted by molar-refractivity contribution is 5.86. The average molecular weight is 157 g/mol. The van der Waals surface area contributed by atoms with E-state index in [1.54, 1.807) is 0 Å². The minimum Gasteiger partial charge on any atom is -0.476 e. The number of carboxylic acids is 1. The SMILES string of the molecule is COCc1n[nH]nc1C(=O)O. The molecular formula is C5H7N3O3. The van der Waals surface area contributed by atoms with Gasteiger partial charge >= 0.3 is 5.97 Å². The maximum Gasteiger partial charge on any atom is 0.358 e. The molecule has 0 aliphatic rings. The highest BCUT2D eigenvalue weighted by atomic mass is 16.5. The largest absolute Gasteiger partial charge is 0.476 e. The van der Waals surface area contributed by atoms with Gasteiger partial charge in [-0.2, -0.15) is 10.3 Å². The van der Waals surface area contributed by atoms with Crippen LogP contribution in [0, 0.1) is 0 Å². The van der Waals surface area contributed by atoms with E-state index in [1.807, 2.05) is 0 Å². The van der Waals surface area contributed by atoms with Crippen molar-refractivity contribution in [1.29, 1.82) is 0 Å². The molecule has 0 spiro atoms. The zero-order valence-electron chi connectivity index (χ0n) is 5.87. The number of H-pyrrole nitrogens is 1. The van der Waals surface area contributed by atoms with Crippen molar-refractivity contribution in [3.05, 3.63) is 11.4 Å². The number of hydrogen-bond acceptors (Lipinski definition) is 4. The first-order chi connectivity index (χ1) is 5.25. The fourth-order valence-electron chi connectivity index (χ4n) is 0.661. The van der Waals surface area contributed by atoms with Crippen molar-refractivity contribution in [1.82, 2.24) is 15.4 Å². The molecule has 0 atom stereocenters. The quantitative estimate of drug-likeness (QED) is 0.626. The third-order valence-corrected chi connectivity index (χ3v) is 1.10. The van der Waals surface area contributed by atoms with E-state index in [-0.39, 0.29) is 12.3 Å². The van der Waals surface area contributed by atoms with Crippen LogP contribution in [0.5, 0.6) is 0 Å². The van der Waals surface area contributed by atoms with Gasteiger partial charge in [0.25, 0.3) is 0 Å². The van der Waals surface area contributed by atoms with Gasteiger partial charge < -0.3 is 9.84 Å². The lowest BCUT2D eigenvalue weighted by molar-refractivity contribution is 0.0685. The molecule has 0 aliphatic carbocycles.